The number of hydrogen-bond acceptors (Lipinski definition) is 4. The quantitative estimate of drug-likeness (QED) is 0.800. The average molecular weight is 243 g/mol. The molecule has 3 N–H and O–H groups in total. The molecule has 0 radical (unpaired) electrons. The summed E-state index contributed by atoms with van der Waals surface area (Å²) in [5.74, 6) is 1.11. The molecule has 1 aromatic heterocycles. The van der Waals surface area contributed by atoms with Gasteiger partial charge in [-0.3, -0.25) is 0 Å². The summed E-state index contributed by atoms with van der Waals surface area (Å²) in [5, 5.41) is 3.41. The van der Waals surface area contributed by atoms with Gasteiger partial charge in [-0.05, 0) is 22.9 Å². The third-order valence-electron chi connectivity index (χ3n) is 2.84. The minimum atomic E-state index is 0.208. The topological polar surface area (TPSA) is 63.8 Å². The Balaban J connectivity index is 2.64. The van der Waals surface area contributed by atoms with Crippen molar-refractivity contribution in [2.45, 2.75) is 27.7 Å². The molecule has 1 heterocycles. The predicted octanol–water partition coefficient (Wildman–Crippen LogP) is 2.81. The first kappa shape index (κ1) is 13.0. The van der Waals surface area contributed by atoms with Gasteiger partial charge in [-0.2, -0.15) is 4.98 Å². The van der Waals surface area contributed by atoms with Gasteiger partial charge in [0, 0.05) is 6.54 Å². The average Bonchev–Trinajstić information content (AvgIpc) is 2.17. The molecule has 0 aliphatic heterocycles. The Hall–Kier alpha value is -1.03. The first-order valence-corrected chi connectivity index (χ1v) is 5.70. The standard InChI is InChI=1S/C11H19ClN4/c1-7(11(2,3)4)5-14-9-8(13)6-15-10(12)16-9/h6-7H,5,13H2,1-4H3,(H,14,15,16). The molecule has 0 aliphatic rings. The molecule has 0 fully saturated rings. The second-order valence-corrected chi connectivity index (χ2v) is 5.43. The van der Waals surface area contributed by atoms with Crippen LogP contribution in [0.15, 0.2) is 6.20 Å². The first-order chi connectivity index (χ1) is 7.30. The Morgan fingerprint density at radius 1 is 1.50 bits per heavy atom. The maximum absolute atomic E-state index is 5.74. The van der Waals surface area contributed by atoms with E-state index in [4.69, 9.17) is 17.3 Å². The van der Waals surface area contributed by atoms with Crippen LogP contribution in [-0.2, 0) is 0 Å². The molecule has 0 bridgehead atoms. The van der Waals surface area contributed by atoms with Crippen LogP contribution in [0.4, 0.5) is 11.5 Å². The van der Waals surface area contributed by atoms with Crippen LogP contribution in [0, 0.1) is 11.3 Å². The zero-order valence-corrected chi connectivity index (χ0v) is 11.0. The fourth-order valence-corrected chi connectivity index (χ4v) is 1.20. The van der Waals surface area contributed by atoms with Crippen molar-refractivity contribution in [3.8, 4) is 0 Å². The van der Waals surface area contributed by atoms with Gasteiger partial charge in [0.25, 0.3) is 0 Å². The Morgan fingerprint density at radius 2 is 2.12 bits per heavy atom. The van der Waals surface area contributed by atoms with E-state index in [2.05, 4.69) is 43.0 Å². The summed E-state index contributed by atoms with van der Waals surface area (Å²) in [4.78, 5) is 7.85. The highest BCUT2D eigenvalue weighted by molar-refractivity contribution is 6.28. The van der Waals surface area contributed by atoms with E-state index in [0.29, 0.717) is 17.4 Å². The van der Waals surface area contributed by atoms with Gasteiger partial charge in [0.1, 0.15) is 0 Å². The lowest BCUT2D eigenvalue weighted by molar-refractivity contribution is 0.274. The zero-order chi connectivity index (χ0) is 12.3. The normalized spacial score (nSPS) is 13.6. The Bertz CT molecular complexity index is 359. The van der Waals surface area contributed by atoms with Crippen LogP contribution in [0.2, 0.25) is 5.28 Å². The summed E-state index contributed by atoms with van der Waals surface area (Å²) in [6, 6.07) is 0. The summed E-state index contributed by atoms with van der Waals surface area (Å²) in [7, 11) is 0. The van der Waals surface area contributed by atoms with Crippen LogP contribution < -0.4 is 11.1 Å². The summed E-state index contributed by atoms with van der Waals surface area (Å²) in [6.07, 6.45) is 1.51. The highest BCUT2D eigenvalue weighted by Gasteiger charge is 2.19. The molecule has 1 atom stereocenters. The molecule has 90 valence electrons. The molecule has 0 aliphatic carbocycles. The Labute approximate surface area is 102 Å². The third kappa shape index (κ3) is 3.52. The number of halogens is 1. The molecule has 1 aromatic rings. The molecule has 1 unspecified atom stereocenters. The smallest absolute Gasteiger partial charge is 0.224 e. The SMILES string of the molecule is CC(CNc1nc(Cl)ncc1N)C(C)(C)C. The summed E-state index contributed by atoms with van der Waals surface area (Å²) in [5.41, 5.74) is 6.51. The van der Waals surface area contributed by atoms with Crippen molar-refractivity contribution >= 4 is 23.1 Å². The molecule has 1 rings (SSSR count). The summed E-state index contributed by atoms with van der Waals surface area (Å²) >= 11 is 5.70. The minimum Gasteiger partial charge on any atom is -0.394 e. The van der Waals surface area contributed by atoms with Gasteiger partial charge < -0.3 is 11.1 Å². The van der Waals surface area contributed by atoms with Gasteiger partial charge in [-0.25, -0.2) is 4.98 Å². The predicted molar refractivity (Wildman–Crippen MR) is 68.6 cm³/mol. The molecule has 0 saturated heterocycles. The van der Waals surface area contributed by atoms with Crippen molar-refractivity contribution in [3.63, 3.8) is 0 Å². The summed E-state index contributed by atoms with van der Waals surface area (Å²) < 4.78 is 0. The summed E-state index contributed by atoms with van der Waals surface area (Å²) in [6.45, 7) is 9.61. The van der Waals surface area contributed by atoms with Gasteiger partial charge >= 0.3 is 0 Å². The molecular weight excluding hydrogens is 224 g/mol. The van der Waals surface area contributed by atoms with Crippen LogP contribution >= 0.6 is 11.6 Å². The van der Waals surface area contributed by atoms with Crippen molar-refractivity contribution in [2.24, 2.45) is 11.3 Å². The van der Waals surface area contributed by atoms with E-state index in [0.717, 1.165) is 6.54 Å². The van der Waals surface area contributed by atoms with Crippen molar-refractivity contribution in [3.05, 3.63) is 11.5 Å². The van der Waals surface area contributed by atoms with Gasteiger partial charge in [0.15, 0.2) is 5.82 Å². The number of anilines is 2. The van der Waals surface area contributed by atoms with Gasteiger partial charge in [-0.15, -0.1) is 0 Å². The molecule has 0 saturated carbocycles. The Morgan fingerprint density at radius 3 is 2.69 bits per heavy atom. The van der Waals surface area contributed by atoms with Crippen LogP contribution in [0.3, 0.4) is 0 Å². The number of hydrogen-bond donors (Lipinski definition) is 2. The number of rotatable bonds is 3. The molecule has 5 heteroatoms. The fourth-order valence-electron chi connectivity index (χ4n) is 1.07. The maximum atomic E-state index is 5.74. The molecule has 4 nitrogen and oxygen atoms in total. The van der Waals surface area contributed by atoms with E-state index in [-0.39, 0.29) is 10.7 Å². The van der Waals surface area contributed by atoms with Crippen molar-refractivity contribution in [2.75, 3.05) is 17.6 Å². The van der Waals surface area contributed by atoms with E-state index in [9.17, 15) is 0 Å². The molecule has 0 spiro atoms. The van der Waals surface area contributed by atoms with Crippen molar-refractivity contribution in [1.82, 2.24) is 9.97 Å². The largest absolute Gasteiger partial charge is 0.394 e. The van der Waals surface area contributed by atoms with Crippen molar-refractivity contribution in [1.29, 1.82) is 0 Å². The van der Waals surface area contributed by atoms with Crippen LogP contribution in [0.25, 0.3) is 0 Å². The van der Waals surface area contributed by atoms with E-state index >= 15 is 0 Å². The van der Waals surface area contributed by atoms with Crippen molar-refractivity contribution < 1.29 is 0 Å². The third-order valence-corrected chi connectivity index (χ3v) is 3.02. The molecule has 16 heavy (non-hydrogen) atoms. The van der Waals surface area contributed by atoms with Gasteiger partial charge in [0.2, 0.25) is 5.28 Å². The lowest BCUT2D eigenvalue weighted by atomic mass is 9.82. The highest BCUT2D eigenvalue weighted by Crippen LogP contribution is 2.26. The zero-order valence-electron chi connectivity index (χ0n) is 10.2. The molecule has 0 aromatic carbocycles. The second kappa shape index (κ2) is 4.87. The van der Waals surface area contributed by atoms with Crippen LogP contribution in [0.1, 0.15) is 27.7 Å². The first-order valence-electron chi connectivity index (χ1n) is 5.32. The van der Waals surface area contributed by atoms with Crippen LogP contribution in [0.5, 0.6) is 0 Å². The van der Waals surface area contributed by atoms with Gasteiger partial charge in [-0.1, -0.05) is 27.7 Å². The number of nitrogen functional groups attached to an aromatic ring is 1. The van der Waals surface area contributed by atoms with E-state index < -0.39 is 0 Å². The number of nitrogens with one attached hydrogen (secondary N) is 1. The second-order valence-electron chi connectivity index (χ2n) is 5.09. The lowest BCUT2D eigenvalue weighted by Gasteiger charge is -2.27. The minimum absolute atomic E-state index is 0.208. The molecular formula is C11H19ClN4. The van der Waals surface area contributed by atoms with E-state index in [1.807, 2.05) is 0 Å². The highest BCUT2D eigenvalue weighted by atomic mass is 35.5. The van der Waals surface area contributed by atoms with E-state index in [1.165, 1.54) is 6.20 Å². The maximum Gasteiger partial charge on any atom is 0.224 e. The van der Waals surface area contributed by atoms with Gasteiger partial charge in [0.05, 0.1) is 11.9 Å². The lowest BCUT2D eigenvalue weighted by Crippen LogP contribution is -2.25. The monoisotopic (exact) mass is 242 g/mol. The van der Waals surface area contributed by atoms with E-state index in [1.54, 1.807) is 0 Å². The number of nitrogens with two attached hydrogens (primary N) is 1. The number of nitrogens with zero attached hydrogens (tertiary/aromatic N) is 2. The number of aromatic nitrogens is 2. The Kier molecular flexibility index (Phi) is 3.97. The fraction of sp³-hybridized carbons (Fsp3) is 0.636. The van der Waals surface area contributed by atoms with Crippen LogP contribution in [-0.4, -0.2) is 16.5 Å². The molecule has 0 amide bonds.